The molecule has 0 spiro atoms. The molecule has 3 aromatic carbocycles. The van der Waals surface area contributed by atoms with Gasteiger partial charge < -0.3 is 19.5 Å². The predicted octanol–water partition coefficient (Wildman–Crippen LogP) is 8.52. The molecule has 1 unspecified atom stereocenters. The predicted molar refractivity (Wildman–Crippen MR) is 174 cm³/mol. The van der Waals surface area contributed by atoms with Crippen LogP contribution in [-0.2, 0) is 20.7 Å². The van der Waals surface area contributed by atoms with Crippen molar-refractivity contribution in [3.63, 3.8) is 0 Å². The van der Waals surface area contributed by atoms with Crippen LogP contribution in [0.3, 0.4) is 0 Å². The largest absolute Gasteiger partial charge is 0.493 e. The normalized spacial score (nSPS) is 11.7. The van der Waals surface area contributed by atoms with Crippen LogP contribution in [0.5, 0.6) is 5.75 Å². The summed E-state index contributed by atoms with van der Waals surface area (Å²) in [6.07, 6.45) is 11.5. The van der Waals surface area contributed by atoms with Crippen LogP contribution in [0.1, 0.15) is 80.3 Å². The van der Waals surface area contributed by atoms with E-state index in [2.05, 4.69) is 35.7 Å². The minimum atomic E-state index is -0.301. The van der Waals surface area contributed by atoms with Crippen LogP contribution in [0.2, 0.25) is 0 Å². The Bertz CT molecular complexity index is 1240. The first-order chi connectivity index (χ1) is 21.1. The number of hydrogen-bond donors (Lipinski definition) is 1. The fourth-order valence-electron chi connectivity index (χ4n) is 4.83. The van der Waals surface area contributed by atoms with Gasteiger partial charge in [-0.15, -0.1) is 0 Å². The van der Waals surface area contributed by atoms with Gasteiger partial charge in [0.05, 0.1) is 25.4 Å². The van der Waals surface area contributed by atoms with Crippen molar-refractivity contribution in [2.24, 2.45) is 5.92 Å². The van der Waals surface area contributed by atoms with Gasteiger partial charge in [-0.1, -0.05) is 67.1 Å². The van der Waals surface area contributed by atoms with Gasteiger partial charge >= 0.3 is 11.9 Å². The summed E-state index contributed by atoms with van der Waals surface area (Å²) in [6, 6.07) is 26.1. The third-order valence-electron chi connectivity index (χ3n) is 7.12. The van der Waals surface area contributed by atoms with E-state index in [4.69, 9.17) is 14.2 Å². The lowest BCUT2D eigenvalue weighted by molar-refractivity contribution is -0.143. The molecule has 1 atom stereocenters. The summed E-state index contributed by atoms with van der Waals surface area (Å²) in [5.74, 6) is 0.717. The van der Waals surface area contributed by atoms with Gasteiger partial charge in [-0.3, -0.25) is 4.79 Å². The number of allylic oxidation sites excluding steroid dienone is 1. The molecule has 3 aromatic rings. The van der Waals surface area contributed by atoms with Crippen LogP contribution >= 0.6 is 0 Å². The molecule has 0 heterocycles. The second kappa shape index (κ2) is 20.0. The number of unbranched alkanes of at least 4 members (excludes halogenated alkanes) is 3. The average Bonchev–Trinajstić information content (AvgIpc) is 3.03. The van der Waals surface area contributed by atoms with Gasteiger partial charge in [0.15, 0.2) is 0 Å². The minimum absolute atomic E-state index is 0.136. The highest BCUT2D eigenvalue weighted by Crippen LogP contribution is 2.24. The third-order valence-corrected chi connectivity index (χ3v) is 7.12. The second-order valence-corrected chi connectivity index (χ2v) is 10.5. The number of anilines is 1. The van der Waals surface area contributed by atoms with E-state index < -0.39 is 0 Å². The van der Waals surface area contributed by atoms with Gasteiger partial charge in [0.1, 0.15) is 5.75 Å². The van der Waals surface area contributed by atoms with E-state index >= 15 is 0 Å². The van der Waals surface area contributed by atoms with E-state index in [1.807, 2.05) is 67.6 Å². The number of carbonyl (C=O) groups is 2. The molecule has 0 bridgehead atoms. The highest BCUT2D eigenvalue weighted by molar-refractivity contribution is 5.89. The van der Waals surface area contributed by atoms with Crippen LogP contribution < -0.4 is 10.1 Å². The Morgan fingerprint density at radius 3 is 2.30 bits per heavy atom. The van der Waals surface area contributed by atoms with Crippen LogP contribution in [0, 0.1) is 5.92 Å². The highest BCUT2D eigenvalue weighted by Gasteiger charge is 2.11. The standard InChI is InChI=1S/C37H47NO5/c1-3-41-36(39)20-12-9-15-30(29-31-22-25-33(26-23-31)37(40)42-4-2)21-24-32-16-10-11-19-35(32)43-28-14-6-13-27-38-34-17-7-5-8-18-34/h5,7-8,10-11,16-19,21-26,30,38H,3-4,6,9,12-15,20,27-29H2,1-2H3/b24-21+. The Morgan fingerprint density at radius 2 is 1.53 bits per heavy atom. The van der Waals surface area contributed by atoms with Crippen molar-refractivity contribution in [2.45, 2.75) is 65.2 Å². The van der Waals surface area contributed by atoms with Gasteiger partial charge in [0, 0.05) is 24.2 Å². The van der Waals surface area contributed by atoms with E-state index in [0.29, 0.717) is 31.8 Å². The topological polar surface area (TPSA) is 73.9 Å². The molecule has 0 aromatic heterocycles. The van der Waals surface area contributed by atoms with E-state index in [1.165, 1.54) is 0 Å². The first-order valence-electron chi connectivity index (χ1n) is 15.7. The molecule has 1 N–H and O–H groups in total. The summed E-state index contributed by atoms with van der Waals surface area (Å²) in [7, 11) is 0. The van der Waals surface area contributed by atoms with Gasteiger partial charge in [-0.2, -0.15) is 0 Å². The van der Waals surface area contributed by atoms with E-state index in [-0.39, 0.29) is 17.9 Å². The monoisotopic (exact) mass is 585 g/mol. The molecule has 0 saturated carbocycles. The van der Waals surface area contributed by atoms with E-state index in [1.54, 1.807) is 6.92 Å². The molecule has 6 nitrogen and oxygen atoms in total. The Hall–Kier alpha value is -4.06. The van der Waals surface area contributed by atoms with Gasteiger partial charge in [-0.25, -0.2) is 4.79 Å². The number of esters is 2. The van der Waals surface area contributed by atoms with Crippen molar-refractivity contribution in [1.82, 2.24) is 0 Å². The molecule has 0 amide bonds. The number of para-hydroxylation sites is 2. The summed E-state index contributed by atoms with van der Waals surface area (Å²) in [4.78, 5) is 23.8. The van der Waals surface area contributed by atoms with Crippen LogP contribution in [0.4, 0.5) is 5.69 Å². The first kappa shape index (κ1) is 33.4. The summed E-state index contributed by atoms with van der Waals surface area (Å²) in [5, 5.41) is 3.46. The Labute approximate surface area is 257 Å². The SMILES string of the molecule is CCOC(=O)CCCCC(/C=C/c1ccccc1OCCCCCNc1ccccc1)Cc1ccc(C(=O)OCC)cc1. The minimum Gasteiger partial charge on any atom is -0.493 e. The summed E-state index contributed by atoms with van der Waals surface area (Å²) >= 11 is 0. The number of rotatable bonds is 20. The maximum absolute atomic E-state index is 12.1. The Morgan fingerprint density at radius 1 is 0.791 bits per heavy atom. The lowest BCUT2D eigenvalue weighted by atomic mass is 9.92. The average molecular weight is 586 g/mol. The van der Waals surface area contributed by atoms with Crippen molar-refractivity contribution in [3.05, 3.63) is 102 Å². The van der Waals surface area contributed by atoms with Crippen molar-refractivity contribution < 1.29 is 23.8 Å². The smallest absolute Gasteiger partial charge is 0.338 e. The number of nitrogens with one attached hydrogen (secondary N) is 1. The molecular weight excluding hydrogens is 538 g/mol. The van der Waals surface area contributed by atoms with Crippen LogP contribution in [-0.4, -0.2) is 38.3 Å². The molecule has 0 aliphatic heterocycles. The highest BCUT2D eigenvalue weighted by atomic mass is 16.5. The van der Waals surface area contributed by atoms with Crippen molar-refractivity contribution in [2.75, 3.05) is 31.7 Å². The Kier molecular flexibility index (Phi) is 15.5. The fraction of sp³-hybridized carbons (Fsp3) is 0.405. The first-order valence-corrected chi connectivity index (χ1v) is 15.7. The van der Waals surface area contributed by atoms with Gasteiger partial charge in [-0.05, 0) is 94.2 Å². The molecule has 0 radical (unpaired) electrons. The number of hydrogen-bond acceptors (Lipinski definition) is 6. The lowest BCUT2D eigenvalue weighted by Gasteiger charge is -2.14. The summed E-state index contributed by atoms with van der Waals surface area (Å²) in [5.41, 5.74) is 3.93. The number of benzene rings is 3. The molecule has 43 heavy (non-hydrogen) atoms. The summed E-state index contributed by atoms with van der Waals surface area (Å²) in [6.45, 7) is 6.05. The summed E-state index contributed by atoms with van der Waals surface area (Å²) < 4.78 is 16.4. The number of carbonyl (C=O) groups excluding carboxylic acids is 2. The number of ether oxygens (including phenoxy) is 3. The molecule has 0 aliphatic rings. The van der Waals surface area contributed by atoms with E-state index in [9.17, 15) is 9.59 Å². The van der Waals surface area contributed by atoms with Gasteiger partial charge in [0.2, 0.25) is 0 Å². The molecular formula is C37H47NO5. The van der Waals surface area contributed by atoms with Crippen molar-refractivity contribution in [3.8, 4) is 5.75 Å². The Balaban J connectivity index is 1.54. The molecule has 230 valence electrons. The fourth-order valence-corrected chi connectivity index (χ4v) is 4.83. The maximum Gasteiger partial charge on any atom is 0.338 e. The van der Waals surface area contributed by atoms with Crippen molar-refractivity contribution >= 4 is 23.7 Å². The molecule has 3 rings (SSSR count). The maximum atomic E-state index is 12.1. The zero-order chi connectivity index (χ0) is 30.5. The van der Waals surface area contributed by atoms with Crippen LogP contribution in [0.15, 0.2) is 84.9 Å². The third kappa shape index (κ3) is 13.2. The van der Waals surface area contributed by atoms with Crippen LogP contribution in [0.25, 0.3) is 6.08 Å². The van der Waals surface area contributed by atoms with E-state index in [0.717, 1.165) is 74.1 Å². The molecule has 0 aliphatic carbocycles. The second-order valence-electron chi connectivity index (χ2n) is 10.5. The zero-order valence-electron chi connectivity index (χ0n) is 25.8. The van der Waals surface area contributed by atoms with Gasteiger partial charge in [0.25, 0.3) is 0 Å². The zero-order valence-corrected chi connectivity index (χ0v) is 25.8. The molecule has 6 heteroatoms. The molecule has 0 saturated heterocycles. The quantitative estimate of drug-likeness (QED) is 0.106. The lowest BCUT2D eigenvalue weighted by Crippen LogP contribution is -2.07. The van der Waals surface area contributed by atoms with Crippen molar-refractivity contribution in [1.29, 1.82) is 0 Å². The molecule has 0 fully saturated rings.